The lowest BCUT2D eigenvalue weighted by Gasteiger charge is -2.33. The number of fused-ring (bicyclic) bond motifs is 30. The van der Waals surface area contributed by atoms with Crippen LogP contribution in [0.3, 0.4) is 0 Å². The van der Waals surface area contributed by atoms with Crippen LogP contribution in [-0.4, -0.2) is 7.85 Å². The third kappa shape index (κ3) is 3.87. The van der Waals surface area contributed by atoms with Crippen molar-refractivity contribution in [2.75, 3.05) is 0 Å². The van der Waals surface area contributed by atoms with Crippen molar-refractivity contribution in [1.29, 1.82) is 0 Å². The van der Waals surface area contributed by atoms with Crippen LogP contribution in [0.25, 0.3) is 66.8 Å². The van der Waals surface area contributed by atoms with Crippen molar-refractivity contribution in [1.82, 2.24) is 0 Å². The Morgan fingerprint density at radius 1 is 0.265 bits per heavy atom. The minimum atomic E-state index is -0.537. The average molecular weight is 857 g/mol. The van der Waals surface area contributed by atoms with Gasteiger partial charge in [-0.3, -0.25) is 0 Å². The molecule has 10 aromatic carbocycles. The second-order valence-corrected chi connectivity index (χ2v) is 20.6. The van der Waals surface area contributed by atoms with E-state index in [1.54, 1.807) is 0 Å². The van der Waals surface area contributed by atoms with Crippen LogP contribution in [0.15, 0.2) is 206 Å². The van der Waals surface area contributed by atoms with Crippen molar-refractivity contribution in [2.24, 2.45) is 0 Å². The van der Waals surface area contributed by atoms with Crippen LogP contribution in [0.2, 0.25) is 0 Å². The van der Waals surface area contributed by atoms with E-state index in [9.17, 15) is 0 Å². The van der Waals surface area contributed by atoms with Crippen molar-refractivity contribution in [3.8, 4) is 66.8 Å². The zero-order chi connectivity index (χ0) is 44.3. The van der Waals surface area contributed by atoms with Gasteiger partial charge in [0.1, 0.15) is 7.85 Å². The maximum absolute atomic E-state index is 6.87. The second-order valence-electron chi connectivity index (χ2n) is 20.6. The van der Waals surface area contributed by atoms with Gasteiger partial charge < -0.3 is 0 Å². The van der Waals surface area contributed by atoms with E-state index in [4.69, 9.17) is 7.85 Å². The maximum atomic E-state index is 6.87. The number of hydrogen-bond acceptors (Lipinski definition) is 0. The van der Waals surface area contributed by atoms with Gasteiger partial charge in [0.15, 0.2) is 0 Å². The molecule has 1 saturated carbocycles. The van der Waals surface area contributed by atoms with Gasteiger partial charge in [-0.2, -0.15) is 0 Å². The van der Waals surface area contributed by atoms with Crippen LogP contribution < -0.4 is 5.46 Å². The van der Waals surface area contributed by atoms with Gasteiger partial charge >= 0.3 is 0 Å². The van der Waals surface area contributed by atoms with E-state index < -0.39 is 16.2 Å². The van der Waals surface area contributed by atoms with Gasteiger partial charge in [0.25, 0.3) is 0 Å². The summed E-state index contributed by atoms with van der Waals surface area (Å²) in [6.07, 6.45) is 3.86. The van der Waals surface area contributed by atoms with Crippen LogP contribution in [0, 0.1) is 0 Å². The van der Waals surface area contributed by atoms with Crippen LogP contribution in [0.5, 0.6) is 0 Å². The van der Waals surface area contributed by atoms with E-state index in [0.29, 0.717) is 5.92 Å². The molecular weight excluding hydrogens is 816 g/mol. The van der Waals surface area contributed by atoms with Crippen molar-refractivity contribution in [2.45, 2.75) is 41.4 Å². The molecule has 0 atom stereocenters. The molecule has 7 aliphatic rings. The monoisotopic (exact) mass is 856 g/mol. The fraction of sp³-hybridized carbons (Fsp3) is 0.104. The number of benzene rings is 10. The fourth-order valence-electron chi connectivity index (χ4n) is 15.4. The van der Waals surface area contributed by atoms with E-state index in [-0.39, 0.29) is 0 Å². The van der Waals surface area contributed by atoms with E-state index in [1.807, 2.05) is 0 Å². The highest BCUT2D eigenvalue weighted by Crippen LogP contribution is 2.71. The number of hydrogen-bond donors (Lipinski definition) is 0. The summed E-state index contributed by atoms with van der Waals surface area (Å²) in [5.41, 5.74) is 33.1. The van der Waals surface area contributed by atoms with Crippen LogP contribution in [-0.2, 0) is 16.2 Å². The fourth-order valence-corrected chi connectivity index (χ4v) is 15.4. The van der Waals surface area contributed by atoms with Crippen molar-refractivity contribution in [3.63, 3.8) is 0 Å². The first-order valence-electron chi connectivity index (χ1n) is 24.6. The first-order chi connectivity index (χ1) is 33.6. The molecule has 7 aliphatic carbocycles. The van der Waals surface area contributed by atoms with Crippen molar-refractivity contribution in [3.05, 3.63) is 279 Å². The molecule has 1 heteroatoms. The molecule has 10 aromatic rings. The highest BCUT2D eigenvalue weighted by Gasteiger charge is 2.58. The summed E-state index contributed by atoms with van der Waals surface area (Å²) in [7, 11) is 6.87. The summed E-state index contributed by atoms with van der Waals surface area (Å²) in [6.45, 7) is 0. The Hall–Kier alpha value is -7.74. The summed E-state index contributed by atoms with van der Waals surface area (Å²) in [6, 6.07) is 80.4. The van der Waals surface area contributed by atoms with Gasteiger partial charge in [-0.15, -0.1) is 0 Å². The van der Waals surface area contributed by atoms with E-state index in [0.717, 1.165) is 5.46 Å². The molecule has 0 aliphatic heterocycles. The van der Waals surface area contributed by atoms with Gasteiger partial charge in [0, 0.05) is 0 Å². The zero-order valence-corrected chi connectivity index (χ0v) is 37.4. The first-order valence-corrected chi connectivity index (χ1v) is 24.6. The highest BCUT2D eigenvalue weighted by molar-refractivity contribution is 6.32. The Bertz CT molecular complexity index is 3850. The van der Waals surface area contributed by atoms with Gasteiger partial charge in [-0.1, -0.05) is 194 Å². The second kappa shape index (κ2) is 12.2. The zero-order valence-electron chi connectivity index (χ0n) is 37.4. The molecule has 312 valence electrons. The molecule has 0 bridgehead atoms. The molecular formula is C67H41B. The van der Waals surface area contributed by atoms with Crippen molar-refractivity contribution < 1.29 is 0 Å². The Balaban J connectivity index is 1.04. The Morgan fingerprint density at radius 2 is 0.544 bits per heavy atom. The Kier molecular flexibility index (Phi) is 6.54. The van der Waals surface area contributed by atoms with Gasteiger partial charge in [0.05, 0.1) is 16.2 Å². The Morgan fingerprint density at radius 3 is 0.882 bits per heavy atom. The third-order valence-corrected chi connectivity index (χ3v) is 18.1. The minimum Gasteiger partial charge on any atom is -0.0963 e. The molecule has 68 heavy (non-hydrogen) atoms. The predicted molar refractivity (Wildman–Crippen MR) is 277 cm³/mol. The summed E-state index contributed by atoms with van der Waals surface area (Å²) in [5, 5.41) is 0. The molecule has 17 rings (SSSR count). The summed E-state index contributed by atoms with van der Waals surface area (Å²) in [5.74, 6) is 0.624. The average Bonchev–Trinajstić information content (AvgIpc) is 4.16. The molecule has 0 heterocycles. The van der Waals surface area contributed by atoms with Gasteiger partial charge in [0.2, 0.25) is 0 Å². The molecule has 0 saturated heterocycles. The molecule has 0 aromatic heterocycles. The maximum Gasteiger partial charge on any atom is 0.113 e. The highest BCUT2D eigenvalue weighted by atomic mass is 14.6. The molecule has 0 nitrogen and oxygen atoms in total. The molecule has 3 spiro atoms. The van der Waals surface area contributed by atoms with E-state index >= 15 is 0 Å². The largest absolute Gasteiger partial charge is 0.113 e. The SMILES string of the molecule is [B]c1ccc2c(c1)C1(c3ccccc3-c3ccccc31)c1cc3c(cc1-2)C1(c2ccccc2-c2ccccc21)c1cc2c(cc1-3)C1(c3ccccc3-c3ccccc31)c1cc(C3CCC3)ccc1-2. The summed E-state index contributed by atoms with van der Waals surface area (Å²) < 4.78 is 0. The minimum absolute atomic E-state index is 0.455. The third-order valence-electron chi connectivity index (χ3n) is 18.1. The van der Waals surface area contributed by atoms with E-state index in [1.165, 1.54) is 158 Å². The standard InChI is InChI=1S/C67H41B/c68-40-29-31-48-50-35-64-52(37-62(50)66(60(48)33-40)55-24-9-3-18-43(55)44-19-4-10-25-56(44)66)51-36-61-49(34-63(51)67(64)57-26-11-5-20-45(57)46-21-6-12-27-58(46)67)47-30-28-39(38-14-13-15-38)32-59(47)65(61)53-22-7-1-16-41(53)42-17-2-8-23-54(42)65/h1-12,16-38H,13-15H2. The first kappa shape index (κ1) is 36.4. The van der Waals surface area contributed by atoms with Crippen LogP contribution in [0.4, 0.5) is 0 Å². The molecule has 1 fully saturated rings. The van der Waals surface area contributed by atoms with Gasteiger partial charge in [-0.05, 0) is 182 Å². The molecule has 0 amide bonds. The lowest BCUT2D eigenvalue weighted by Crippen LogP contribution is -2.28. The topological polar surface area (TPSA) is 0 Å². The van der Waals surface area contributed by atoms with Crippen LogP contribution >= 0.6 is 0 Å². The number of rotatable bonds is 1. The normalized spacial score (nSPS) is 17.0. The molecule has 0 unspecified atom stereocenters. The van der Waals surface area contributed by atoms with Gasteiger partial charge in [-0.25, -0.2) is 0 Å². The van der Waals surface area contributed by atoms with E-state index in [2.05, 4.69) is 206 Å². The summed E-state index contributed by atoms with van der Waals surface area (Å²) >= 11 is 0. The molecule has 2 radical (unpaired) electrons. The smallest absolute Gasteiger partial charge is 0.0963 e. The Labute approximate surface area is 398 Å². The summed E-state index contributed by atoms with van der Waals surface area (Å²) in [4.78, 5) is 0. The van der Waals surface area contributed by atoms with Crippen LogP contribution in [0.1, 0.15) is 97.5 Å². The molecule has 0 N–H and O–H groups in total. The lowest BCUT2D eigenvalue weighted by molar-refractivity contribution is 0.419. The quantitative estimate of drug-likeness (QED) is 0.144. The predicted octanol–water partition coefficient (Wildman–Crippen LogP) is 14.8. The lowest BCUT2D eigenvalue weighted by atomic mass is 9.68. The van der Waals surface area contributed by atoms with Crippen molar-refractivity contribution >= 4 is 13.3 Å².